The summed E-state index contributed by atoms with van der Waals surface area (Å²) < 4.78 is 10.6. The Morgan fingerprint density at radius 2 is 1.83 bits per heavy atom. The number of rotatable bonds is 11. The minimum atomic E-state index is 0. The van der Waals surface area contributed by atoms with E-state index in [1.807, 2.05) is 36.1 Å². The highest BCUT2D eigenvalue weighted by molar-refractivity contribution is 14.0. The molecule has 7 nitrogen and oxygen atoms in total. The van der Waals surface area contributed by atoms with Crippen LogP contribution in [0.5, 0.6) is 5.75 Å². The molecule has 1 heterocycles. The van der Waals surface area contributed by atoms with Gasteiger partial charge in [0.1, 0.15) is 5.75 Å². The second-order valence-electron chi connectivity index (χ2n) is 6.75. The molecule has 1 saturated heterocycles. The first-order chi connectivity index (χ1) is 13.7. The molecule has 0 unspecified atom stereocenters. The number of hydrogen-bond donors (Lipinski definition) is 2. The molecule has 0 saturated carbocycles. The summed E-state index contributed by atoms with van der Waals surface area (Å²) in [6.07, 6.45) is 3.64. The Morgan fingerprint density at radius 1 is 1.14 bits per heavy atom. The van der Waals surface area contributed by atoms with E-state index in [4.69, 9.17) is 9.47 Å². The van der Waals surface area contributed by atoms with E-state index in [0.29, 0.717) is 19.5 Å². The van der Waals surface area contributed by atoms with Crippen LogP contribution in [0, 0.1) is 0 Å². The van der Waals surface area contributed by atoms with Crippen molar-refractivity contribution >= 4 is 35.8 Å². The topological polar surface area (TPSA) is 75.2 Å². The van der Waals surface area contributed by atoms with Crippen LogP contribution in [0.4, 0.5) is 0 Å². The zero-order valence-electron chi connectivity index (χ0n) is 17.6. The molecule has 1 amide bonds. The number of hydrogen-bond acceptors (Lipinski definition) is 4. The van der Waals surface area contributed by atoms with Crippen LogP contribution in [0.15, 0.2) is 29.3 Å². The van der Waals surface area contributed by atoms with Gasteiger partial charge >= 0.3 is 0 Å². The number of aliphatic imine (C=N–C) groups is 1. The highest BCUT2D eigenvalue weighted by Gasteiger charge is 2.17. The molecule has 0 aliphatic carbocycles. The van der Waals surface area contributed by atoms with Crippen molar-refractivity contribution in [2.75, 3.05) is 46.5 Å². The Bertz CT molecular complexity index is 604. The van der Waals surface area contributed by atoms with E-state index in [2.05, 4.69) is 15.6 Å². The fourth-order valence-electron chi connectivity index (χ4n) is 3.01. The first-order valence-corrected chi connectivity index (χ1v) is 10.2. The fraction of sp³-hybridized carbons (Fsp3) is 0.619. The maximum Gasteiger partial charge on any atom is 0.224 e. The van der Waals surface area contributed by atoms with Gasteiger partial charge in [0.15, 0.2) is 5.96 Å². The molecule has 29 heavy (non-hydrogen) atoms. The second kappa shape index (κ2) is 15.3. The van der Waals surface area contributed by atoms with Crippen molar-refractivity contribution in [3.05, 3.63) is 29.8 Å². The summed E-state index contributed by atoms with van der Waals surface area (Å²) in [7, 11) is 1.66. The molecule has 0 radical (unpaired) electrons. The molecule has 2 N–H and O–H groups in total. The summed E-state index contributed by atoms with van der Waals surface area (Å²) in [5, 5.41) is 6.61. The molecule has 8 heteroatoms. The molecule has 0 spiro atoms. The van der Waals surface area contributed by atoms with Crippen LogP contribution >= 0.6 is 24.0 Å². The Labute approximate surface area is 191 Å². The molecule has 0 atom stereocenters. The van der Waals surface area contributed by atoms with Gasteiger partial charge in [0.05, 0.1) is 13.7 Å². The molecule has 1 aliphatic rings. The van der Waals surface area contributed by atoms with E-state index in [1.54, 1.807) is 7.11 Å². The predicted octanol–water partition coefficient (Wildman–Crippen LogP) is 2.79. The molecular formula is C21H35IN4O3. The van der Waals surface area contributed by atoms with Crippen LogP contribution < -0.4 is 15.4 Å². The van der Waals surface area contributed by atoms with Crippen molar-refractivity contribution in [1.29, 1.82) is 0 Å². The average Bonchev–Trinajstić information content (AvgIpc) is 3.26. The smallest absolute Gasteiger partial charge is 0.224 e. The quantitative estimate of drug-likeness (QED) is 0.204. The fourth-order valence-corrected chi connectivity index (χ4v) is 3.01. The Hall–Kier alpha value is -1.55. The van der Waals surface area contributed by atoms with E-state index in [0.717, 1.165) is 69.4 Å². The average molecular weight is 518 g/mol. The Balaban J connectivity index is 0.00000420. The number of benzene rings is 1. The number of guanidine groups is 1. The maximum atomic E-state index is 12.2. The van der Waals surface area contributed by atoms with Crippen LogP contribution in [0.25, 0.3) is 0 Å². The number of carbonyl (C=O) groups excluding carboxylic acids is 1. The third-order valence-corrected chi connectivity index (χ3v) is 4.63. The molecule has 1 fully saturated rings. The molecular weight excluding hydrogens is 483 g/mol. The summed E-state index contributed by atoms with van der Waals surface area (Å²) in [5.74, 6) is 1.78. The van der Waals surface area contributed by atoms with Crippen molar-refractivity contribution < 1.29 is 14.3 Å². The van der Waals surface area contributed by atoms with E-state index < -0.39 is 0 Å². The second-order valence-corrected chi connectivity index (χ2v) is 6.75. The molecule has 0 bridgehead atoms. The molecule has 1 aliphatic heterocycles. The maximum absolute atomic E-state index is 12.2. The number of halogens is 1. The van der Waals surface area contributed by atoms with Gasteiger partial charge in [-0.2, -0.15) is 0 Å². The molecule has 1 aromatic carbocycles. The lowest BCUT2D eigenvalue weighted by atomic mass is 10.2. The van der Waals surface area contributed by atoms with Gasteiger partial charge < -0.3 is 25.0 Å². The number of ether oxygens (including phenoxy) is 2. The van der Waals surface area contributed by atoms with Crippen LogP contribution in [0.2, 0.25) is 0 Å². The van der Waals surface area contributed by atoms with Gasteiger partial charge in [0, 0.05) is 45.8 Å². The van der Waals surface area contributed by atoms with Crippen molar-refractivity contribution in [3.63, 3.8) is 0 Å². The minimum absolute atomic E-state index is 0. The predicted molar refractivity (Wildman–Crippen MR) is 127 cm³/mol. The molecule has 2 rings (SSSR count). The van der Waals surface area contributed by atoms with E-state index in [9.17, 15) is 4.79 Å². The van der Waals surface area contributed by atoms with Crippen molar-refractivity contribution in [2.24, 2.45) is 4.99 Å². The summed E-state index contributed by atoms with van der Waals surface area (Å²) in [5.41, 5.74) is 1.10. The summed E-state index contributed by atoms with van der Waals surface area (Å²) in [4.78, 5) is 18.8. The number of nitrogens with one attached hydrogen (secondary N) is 2. The number of nitrogens with zero attached hydrogens (tertiary/aromatic N) is 2. The number of amides is 1. The van der Waals surface area contributed by atoms with Crippen molar-refractivity contribution in [2.45, 2.75) is 39.2 Å². The monoisotopic (exact) mass is 518 g/mol. The lowest BCUT2D eigenvalue weighted by Crippen LogP contribution is -2.40. The van der Waals surface area contributed by atoms with Gasteiger partial charge in [-0.1, -0.05) is 12.1 Å². The van der Waals surface area contributed by atoms with Gasteiger partial charge in [-0.15, -0.1) is 24.0 Å². The first-order valence-electron chi connectivity index (χ1n) is 10.2. The van der Waals surface area contributed by atoms with E-state index in [1.165, 1.54) is 0 Å². The number of methoxy groups -OCH3 is 1. The van der Waals surface area contributed by atoms with Crippen molar-refractivity contribution in [1.82, 2.24) is 15.5 Å². The SMILES string of the molecule is CCOCCCNC(=NCc1ccc(OC)cc1)NCCC(=O)N1CCCC1.I. The van der Waals surface area contributed by atoms with Crippen molar-refractivity contribution in [3.8, 4) is 5.75 Å². The van der Waals surface area contributed by atoms with Crippen LogP contribution in [-0.2, 0) is 16.1 Å². The van der Waals surface area contributed by atoms with Gasteiger partial charge in [-0.05, 0) is 43.9 Å². The van der Waals surface area contributed by atoms with Gasteiger partial charge in [0.2, 0.25) is 5.91 Å². The van der Waals surface area contributed by atoms with Crippen LogP contribution in [0.1, 0.15) is 38.2 Å². The first kappa shape index (κ1) is 25.5. The highest BCUT2D eigenvalue weighted by Crippen LogP contribution is 2.12. The summed E-state index contributed by atoms with van der Waals surface area (Å²) in [6.45, 7) is 7.15. The highest BCUT2D eigenvalue weighted by atomic mass is 127. The van der Waals surface area contributed by atoms with Crippen LogP contribution in [-0.4, -0.2) is 63.3 Å². The zero-order chi connectivity index (χ0) is 20.0. The molecule has 164 valence electrons. The van der Waals surface area contributed by atoms with E-state index in [-0.39, 0.29) is 29.9 Å². The van der Waals surface area contributed by atoms with Gasteiger partial charge in [-0.3, -0.25) is 4.79 Å². The molecule has 1 aromatic rings. The Morgan fingerprint density at radius 3 is 2.48 bits per heavy atom. The Kier molecular flexibility index (Phi) is 13.5. The molecule has 0 aromatic heterocycles. The van der Waals surface area contributed by atoms with Crippen LogP contribution in [0.3, 0.4) is 0 Å². The summed E-state index contributed by atoms with van der Waals surface area (Å²) in [6, 6.07) is 7.88. The van der Waals surface area contributed by atoms with Gasteiger partial charge in [0.25, 0.3) is 0 Å². The minimum Gasteiger partial charge on any atom is -0.497 e. The largest absolute Gasteiger partial charge is 0.497 e. The summed E-state index contributed by atoms with van der Waals surface area (Å²) >= 11 is 0. The standard InChI is InChI=1S/C21H34N4O3.HI/c1-3-28-16-6-12-22-21(23-13-11-20(26)25-14-4-5-15-25)24-17-18-7-9-19(27-2)10-8-18;/h7-10H,3-6,11-17H2,1-2H3,(H2,22,23,24);1H. The third-order valence-electron chi connectivity index (χ3n) is 4.63. The normalized spacial score (nSPS) is 13.7. The van der Waals surface area contributed by atoms with E-state index >= 15 is 0 Å². The third kappa shape index (κ3) is 10.2. The number of carbonyl (C=O) groups is 1. The lowest BCUT2D eigenvalue weighted by molar-refractivity contribution is -0.129. The zero-order valence-corrected chi connectivity index (χ0v) is 19.9. The number of likely N-dealkylation sites (tertiary alicyclic amines) is 1. The lowest BCUT2D eigenvalue weighted by Gasteiger charge is -2.16. The van der Waals surface area contributed by atoms with Gasteiger partial charge in [-0.25, -0.2) is 4.99 Å².